The molecule has 1 amide bonds. The van der Waals surface area contributed by atoms with Crippen LogP contribution in [0.2, 0.25) is 0 Å². The van der Waals surface area contributed by atoms with E-state index in [-0.39, 0.29) is 19.0 Å². The summed E-state index contributed by atoms with van der Waals surface area (Å²) in [5.41, 5.74) is 4.66. The van der Waals surface area contributed by atoms with Crippen molar-refractivity contribution in [1.29, 1.82) is 0 Å². The van der Waals surface area contributed by atoms with Crippen molar-refractivity contribution in [2.24, 2.45) is 0 Å². The van der Waals surface area contributed by atoms with Crippen LogP contribution in [-0.4, -0.2) is 36.5 Å². The van der Waals surface area contributed by atoms with Crippen LogP contribution in [0.1, 0.15) is 30.9 Å². The second-order valence-electron chi connectivity index (χ2n) is 6.73. The minimum Gasteiger partial charge on any atom is -0.348 e. The largest absolute Gasteiger partial charge is 0.348 e. The molecule has 1 heterocycles. The lowest BCUT2D eigenvalue weighted by Crippen LogP contribution is -2.27. The molecule has 0 saturated heterocycles. The van der Waals surface area contributed by atoms with E-state index >= 15 is 0 Å². The molecule has 0 aliphatic carbocycles. The van der Waals surface area contributed by atoms with Gasteiger partial charge in [0.25, 0.3) is 0 Å². The first kappa shape index (κ1) is 21.0. The number of alkyl halides is 1. The summed E-state index contributed by atoms with van der Waals surface area (Å²) in [5.74, 6) is -0.00390. The zero-order valence-electron chi connectivity index (χ0n) is 16.1. The summed E-state index contributed by atoms with van der Waals surface area (Å²) in [5, 5.41) is 0.576. The first-order valence-corrected chi connectivity index (χ1v) is 9.30. The SMILES string of the molecule is C=C1C=CC(Cl)=CN1/C(CC(=O)N(C)C)=C(\C)c1ccc(CCCF)cc1. The van der Waals surface area contributed by atoms with E-state index in [4.69, 9.17) is 11.6 Å². The zero-order valence-corrected chi connectivity index (χ0v) is 16.9. The Morgan fingerprint density at radius 3 is 2.48 bits per heavy atom. The maximum Gasteiger partial charge on any atom is 0.228 e. The number of halogens is 2. The molecule has 0 radical (unpaired) electrons. The van der Waals surface area contributed by atoms with Crippen molar-refractivity contribution >= 4 is 23.1 Å². The molecule has 1 aromatic rings. The summed E-state index contributed by atoms with van der Waals surface area (Å²) >= 11 is 6.18. The lowest BCUT2D eigenvalue weighted by Gasteiger charge is -2.29. The van der Waals surface area contributed by atoms with Gasteiger partial charge in [-0.2, -0.15) is 0 Å². The monoisotopic (exact) mass is 388 g/mol. The third kappa shape index (κ3) is 5.57. The number of aryl methyl sites for hydroxylation is 1. The quantitative estimate of drug-likeness (QED) is 0.635. The lowest BCUT2D eigenvalue weighted by atomic mass is 9.99. The van der Waals surface area contributed by atoms with Gasteiger partial charge in [0.1, 0.15) is 0 Å². The number of carbonyl (C=O) groups is 1. The molecule has 5 heteroatoms. The van der Waals surface area contributed by atoms with Crippen molar-refractivity contribution in [2.45, 2.75) is 26.2 Å². The standard InChI is InChI=1S/C22H26ClFN2O/c1-16-7-12-20(23)15-26(16)21(14-22(27)25(3)4)17(2)19-10-8-18(9-11-19)6-5-13-24/h7-12,15H,1,5-6,13-14H2,2-4H3/b21-17+. The van der Waals surface area contributed by atoms with Gasteiger partial charge in [-0.05, 0) is 48.6 Å². The topological polar surface area (TPSA) is 23.6 Å². The molecule has 0 spiro atoms. The summed E-state index contributed by atoms with van der Waals surface area (Å²) < 4.78 is 12.4. The fourth-order valence-electron chi connectivity index (χ4n) is 2.82. The molecular weight excluding hydrogens is 363 g/mol. The Kier molecular flexibility index (Phi) is 7.43. The highest BCUT2D eigenvalue weighted by atomic mass is 35.5. The Balaban J connectivity index is 2.42. The third-order valence-corrected chi connectivity index (χ3v) is 4.75. The van der Waals surface area contributed by atoms with E-state index in [2.05, 4.69) is 6.58 Å². The Labute approximate surface area is 166 Å². The maximum absolute atomic E-state index is 12.4. The summed E-state index contributed by atoms with van der Waals surface area (Å²) in [6, 6.07) is 8.04. The Morgan fingerprint density at radius 2 is 1.89 bits per heavy atom. The number of hydrogen-bond donors (Lipinski definition) is 0. The van der Waals surface area contributed by atoms with E-state index < -0.39 is 0 Å². The van der Waals surface area contributed by atoms with Gasteiger partial charge < -0.3 is 9.80 Å². The predicted molar refractivity (Wildman–Crippen MR) is 111 cm³/mol. The molecular formula is C22H26ClFN2O. The molecule has 2 rings (SSSR count). The highest BCUT2D eigenvalue weighted by molar-refractivity contribution is 6.31. The van der Waals surface area contributed by atoms with E-state index in [1.54, 1.807) is 31.3 Å². The second-order valence-corrected chi connectivity index (χ2v) is 7.17. The molecule has 0 bridgehead atoms. The molecule has 1 aliphatic rings. The normalized spacial score (nSPS) is 14.8. The maximum atomic E-state index is 12.4. The summed E-state index contributed by atoms with van der Waals surface area (Å²) in [6.07, 6.45) is 6.87. The van der Waals surface area contributed by atoms with Crippen molar-refractivity contribution in [3.63, 3.8) is 0 Å². The average molecular weight is 389 g/mol. The van der Waals surface area contributed by atoms with Gasteiger partial charge in [-0.3, -0.25) is 9.18 Å². The highest BCUT2D eigenvalue weighted by Crippen LogP contribution is 2.30. The number of benzene rings is 1. The predicted octanol–water partition coefficient (Wildman–Crippen LogP) is 5.26. The summed E-state index contributed by atoms with van der Waals surface area (Å²) in [7, 11) is 3.48. The minimum absolute atomic E-state index is 0.00390. The van der Waals surface area contributed by atoms with Crippen molar-refractivity contribution < 1.29 is 9.18 Å². The first-order valence-electron chi connectivity index (χ1n) is 8.92. The average Bonchev–Trinajstić information content (AvgIpc) is 2.66. The van der Waals surface area contributed by atoms with Crippen LogP contribution >= 0.6 is 11.6 Å². The van der Waals surface area contributed by atoms with E-state index in [9.17, 15) is 9.18 Å². The van der Waals surface area contributed by atoms with Gasteiger partial charge in [-0.15, -0.1) is 0 Å². The fourth-order valence-corrected chi connectivity index (χ4v) is 2.98. The van der Waals surface area contributed by atoms with Crippen LogP contribution in [0.15, 0.2) is 65.6 Å². The van der Waals surface area contributed by atoms with Crippen LogP contribution in [0.4, 0.5) is 4.39 Å². The molecule has 3 nitrogen and oxygen atoms in total. The first-order chi connectivity index (χ1) is 12.8. The van der Waals surface area contributed by atoms with Crippen molar-refractivity contribution in [3.8, 4) is 0 Å². The van der Waals surface area contributed by atoms with Crippen LogP contribution in [0.5, 0.6) is 0 Å². The Hall–Kier alpha value is -2.33. The number of allylic oxidation sites excluding steroid dienone is 4. The van der Waals surface area contributed by atoms with Gasteiger partial charge in [-0.25, -0.2) is 0 Å². The number of amides is 1. The molecule has 0 saturated carbocycles. The van der Waals surface area contributed by atoms with Crippen molar-refractivity contribution in [3.05, 3.63) is 76.7 Å². The van der Waals surface area contributed by atoms with Crippen LogP contribution in [0, 0.1) is 0 Å². The molecule has 0 unspecified atom stereocenters. The van der Waals surface area contributed by atoms with E-state index in [1.165, 1.54) is 0 Å². The third-order valence-electron chi connectivity index (χ3n) is 4.52. The zero-order chi connectivity index (χ0) is 20.0. The second kappa shape index (κ2) is 9.56. The van der Waals surface area contributed by atoms with Crippen molar-refractivity contribution in [2.75, 3.05) is 20.8 Å². The molecule has 0 aromatic heterocycles. The Morgan fingerprint density at radius 1 is 1.22 bits per heavy atom. The van der Waals surface area contributed by atoms with Crippen LogP contribution < -0.4 is 0 Å². The van der Waals surface area contributed by atoms with E-state index in [1.807, 2.05) is 42.2 Å². The minimum atomic E-state index is -0.310. The highest BCUT2D eigenvalue weighted by Gasteiger charge is 2.20. The number of hydrogen-bond acceptors (Lipinski definition) is 2. The molecule has 0 fully saturated rings. The van der Waals surface area contributed by atoms with Gasteiger partial charge in [-0.1, -0.05) is 42.4 Å². The summed E-state index contributed by atoms with van der Waals surface area (Å²) in [6.45, 7) is 5.75. The van der Waals surface area contributed by atoms with Gasteiger partial charge in [0, 0.05) is 31.7 Å². The summed E-state index contributed by atoms with van der Waals surface area (Å²) in [4.78, 5) is 15.9. The lowest BCUT2D eigenvalue weighted by molar-refractivity contribution is -0.128. The molecule has 1 aliphatic heterocycles. The van der Waals surface area contributed by atoms with Gasteiger partial charge in [0.15, 0.2) is 0 Å². The van der Waals surface area contributed by atoms with Crippen molar-refractivity contribution in [1.82, 2.24) is 9.80 Å². The van der Waals surface area contributed by atoms with Crippen LogP contribution in [0.3, 0.4) is 0 Å². The number of carbonyl (C=O) groups excluding carboxylic acids is 1. The van der Waals surface area contributed by atoms with E-state index in [0.29, 0.717) is 11.5 Å². The molecule has 0 atom stereocenters. The fraction of sp³-hybridized carbons (Fsp3) is 0.318. The van der Waals surface area contributed by atoms with Crippen LogP contribution in [-0.2, 0) is 11.2 Å². The molecule has 27 heavy (non-hydrogen) atoms. The van der Waals surface area contributed by atoms with Gasteiger partial charge >= 0.3 is 0 Å². The number of rotatable bonds is 7. The molecule has 144 valence electrons. The molecule has 0 N–H and O–H groups in total. The van der Waals surface area contributed by atoms with Gasteiger partial charge in [0.05, 0.1) is 18.1 Å². The molecule has 1 aromatic carbocycles. The number of nitrogens with zero attached hydrogens (tertiary/aromatic N) is 2. The van der Waals surface area contributed by atoms with Crippen LogP contribution in [0.25, 0.3) is 5.57 Å². The van der Waals surface area contributed by atoms with E-state index in [0.717, 1.165) is 34.5 Å². The Bertz CT molecular complexity index is 791. The smallest absolute Gasteiger partial charge is 0.228 e. The van der Waals surface area contributed by atoms with Gasteiger partial charge in [0.2, 0.25) is 5.91 Å².